The topological polar surface area (TPSA) is 49.7 Å². The van der Waals surface area contributed by atoms with Gasteiger partial charge in [-0.15, -0.1) is 0 Å². The fourth-order valence-electron chi connectivity index (χ4n) is 9.38. The van der Waals surface area contributed by atoms with Crippen molar-refractivity contribution in [2.75, 3.05) is 13.2 Å². The molecule has 32 heavy (non-hydrogen) atoms. The Balaban J connectivity index is 1.32. The molecule has 0 spiro atoms. The van der Waals surface area contributed by atoms with E-state index in [2.05, 4.69) is 33.8 Å². The maximum absolute atomic E-state index is 11.0. The van der Waals surface area contributed by atoms with Crippen LogP contribution in [0.3, 0.4) is 0 Å². The monoisotopic (exact) mass is 444 g/mol. The molecule has 4 fully saturated rings. The Hall–Kier alpha value is -0.380. The summed E-state index contributed by atoms with van der Waals surface area (Å²) in [4.78, 5) is 0. The van der Waals surface area contributed by atoms with Gasteiger partial charge < -0.3 is 14.9 Å². The second-order valence-corrected chi connectivity index (χ2v) is 13.3. The molecule has 3 nitrogen and oxygen atoms in total. The van der Waals surface area contributed by atoms with Crippen molar-refractivity contribution >= 4 is 0 Å². The van der Waals surface area contributed by atoms with Gasteiger partial charge in [-0.2, -0.15) is 0 Å². The maximum atomic E-state index is 11.0. The zero-order valence-electron chi connectivity index (χ0n) is 21.2. The molecular formula is C29H48O3. The Labute approximate surface area is 196 Å². The molecule has 0 unspecified atom stereocenters. The molecular weight excluding hydrogens is 396 g/mol. The number of ether oxygens (including phenoxy) is 1. The quantitative estimate of drug-likeness (QED) is 0.491. The number of hydrogen-bond acceptors (Lipinski definition) is 3. The smallest absolute Gasteiger partial charge is 0.0902 e. The van der Waals surface area contributed by atoms with Crippen molar-refractivity contribution in [1.82, 2.24) is 0 Å². The standard InChI is InChI=1S/C29H48O3/c1-5-28(30)15-14-26(3)21(18-28)6-7-22-24-9-8-23(27(24,4)12-11-25(22)26)20(2)10-13-29(31)16-17-32-19-29/h11,20-24,30-31H,5-10,12-19H2,1-4H3/t20-,21+,22+,23-,24+,26+,27-,28+,29+/m1/s1. The first-order valence-electron chi connectivity index (χ1n) is 13.9. The third-order valence-corrected chi connectivity index (χ3v) is 11.7. The van der Waals surface area contributed by atoms with Crippen LogP contribution in [0.25, 0.3) is 0 Å². The van der Waals surface area contributed by atoms with E-state index in [0.717, 1.165) is 62.9 Å². The van der Waals surface area contributed by atoms with Crippen molar-refractivity contribution < 1.29 is 14.9 Å². The Morgan fingerprint density at radius 2 is 1.88 bits per heavy atom. The summed E-state index contributed by atoms with van der Waals surface area (Å²) in [6.45, 7) is 11.0. The molecule has 5 rings (SSSR count). The predicted octanol–water partition coefficient (Wildman–Crippen LogP) is 6.27. The van der Waals surface area contributed by atoms with Crippen molar-refractivity contribution in [2.24, 2.45) is 40.4 Å². The van der Waals surface area contributed by atoms with E-state index in [1.54, 1.807) is 5.57 Å². The molecule has 5 aliphatic rings. The molecule has 182 valence electrons. The molecule has 0 bridgehead atoms. The third kappa shape index (κ3) is 3.64. The summed E-state index contributed by atoms with van der Waals surface area (Å²) in [5.74, 6) is 3.72. The Kier molecular flexibility index (Phi) is 5.91. The summed E-state index contributed by atoms with van der Waals surface area (Å²) in [7, 11) is 0. The molecule has 0 radical (unpaired) electrons. The summed E-state index contributed by atoms with van der Waals surface area (Å²) >= 11 is 0. The van der Waals surface area contributed by atoms with Gasteiger partial charge in [0, 0.05) is 13.0 Å². The average molecular weight is 445 g/mol. The summed E-state index contributed by atoms with van der Waals surface area (Å²) in [5.41, 5.74) is 1.55. The number of allylic oxidation sites excluding steroid dienone is 2. The molecule has 1 aliphatic heterocycles. The first kappa shape index (κ1) is 23.4. The molecule has 2 N–H and O–H groups in total. The highest BCUT2D eigenvalue weighted by atomic mass is 16.5. The average Bonchev–Trinajstić information content (AvgIpc) is 3.36. The van der Waals surface area contributed by atoms with Crippen LogP contribution in [-0.4, -0.2) is 34.6 Å². The molecule has 9 atom stereocenters. The van der Waals surface area contributed by atoms with Crippen LogP contribution in [-0.2, 0) is 4.74 Å². The van der Waals surface area contributed by atoms with E-state index < -0.39 is 11.2 Å². The first-order valence-corrected chi connectivity index (χ1v) is 13.9. The van der Waals surface area contributed by atoms with E-state index in [1.807, 2.05) is 0 Å². The SMILES string of the molecule is CC[C@]1(O)CC[C@]2(C)C3=CC[C@]4(C)[C@@H]([C@H](C)CC[C@]5(O)CCOC5)CC[C@H]4[C@@H]3CC[C@H]2C1. The largest absolute Gasteiger partial charge is 0.390 e. The molecule has 3 saturated carbocycles. The lowest BCUT2D eigenvalue weighted by Crippen LogP contribution is -2.51. The molecule has 0 aromatic heterocycles. The van der Waals surface area contributed by atoms with Gasteiger partial charge in [-0.1, -0.05) is 39.3 Å². The lowest BCUT2D eigenvalue weighted by Gasteiger charge is -2.58. The van der Waals surface area contributed by atoms with E-state index in [1.165, 1.54) is 38.5 Å². The van der Waals surface area contributed by atoms with E-state index in [4.69, 9.17) is 4.74 Å². The number of aliphatic hydroxyl groups is 2. The van der Waals surface area contributed by atoms with Crippen LogP contribution in [0.2, 0.25) is 0 Å². The minimum Gasteiger partial charge on any atom is -0.390 e. The van der Waals surface area contributed by atoms with Crippen LogP contribution in [0.5, 0.6) is 0 Å². The Morgan fingerprint density at radius 3 is 2.59 bits per heavy atom. The van der Waals surface area contributed by atoms with Gasteiger partial charge in [-0.05, 0) is 111 Å². The first-order chi connectivity index (χ1) is 15.1. The highest BCUT2D eigenvalue weighted by Gasteiger charge is 2.58. The van der Waals surface area contributed by atoms with Gasteiger partial charge in [0.1, 0.15) is 0 Å². The number of fused-ring (bicyclic) bond motifs is 5. The van der Waals surface area contributed by atoms with Gasteiger partial charge in [0.05, 0.1) is 17.8 Å². The van der Waals surface area contributed by atoms with Crippen LogP contribution in [0.1, 0.15) is 105 Å². The molecule has 0 aromatic carbocycles. The van der Waals surface area contributed by atoms with Gasteiger partial charge in [-0.25, -0.2) is 0 Å². The van der Waals surface area contributed by atoms with Gasteiger partial charge in [0.25, 0.3) is 0 Å². The number of rotatable bonds is 5. The maximum Gasteiger partial charge on any atom is 0.0902 e. The van der Waals surface area contributed by atoms with Gasteiger partial charge >= 0.3 is 0 Å². The lowest BCUT2D eigenvalue weighted by atomic mass is 9.47. The van der Waals surface area contributed by atoms with Crippen LogP contribution in [0.15, 0.2) is 11.6 Å². The third-order valence-electron chi connectivity index (χ3n) is 11.7. The Morgan fingerprint density at radius 1 is 1.06 bits per heavy atom. The Bertz CT molecular complexity index is 739. The van der Waals surface area contributed by atoms with E-state index >= 15 is 0 Å². The summed E-state index contributed by atoms with van der Waals surface area (Å²) in [6.07, 6.45) is 16.3. The van der Waals surface area contributed by atoms with Gasteiger partial charge in [-0.3, -0.25) is 0 Å². The molecule has 1 heterocycles. The van der Waals surface area contributed by atoms with E-state index in [0.29, 0.717) is 29.3 Å². The molecule has 3 heteroatoms. The highest BCUT2D eigenvalue weighted by molar-refractivity contribution is 5.29. The van der Waals surface area contributed by atoms with Gasteiger partial charge in [0.15, 0.2) is 0 Å². The van der Waals surface area contributed by atoms with Crippen molar-refractivity contribution in [3.05, 3.63) is 11.6 Å². The zero-order chi connectivity index (χ0) is 22.8. The predicted molar refractivity (Wildman–Crippen MR) is 129 cm³/mol. The zero-order valence-corrected chi connectivity index (χ0v) is 21.2. The van der Waals surface area contributed by atoms with Crippen molar-refractivity contribution in [2.45, 2.75) is 116 Å². The van der Waals surface area contributed by atoms with E-state index in [-0.39, 0.29) is 0 Å². The minimum atomic E-state index is -0.568. The number of hydrogen-bond donors (Lipinski definition) is 2. The van der Waals surface area contributed by atoms with Gasteiger partial charge in [0.2, 0.25) is 0 Å². The van der Waals surface area contributed by atoms with Crippen molar-refractivity contribution in [3.63, 3.8) is 0 Å². The second kappa shape index (κ2) is 8.09. The normalized spacial score (nSPS) is 51.5. The molecule has 4 aliphatic carbocycles. The van der Waals surface area contributed by atoms with Crippen LogP contribution < -0.4 is 0 Å². The van der Waals surface area contributed by atoms with Crippen LogP contribution in [0.4, 0.5) is 0 Å². The van der Waals surface area contributed by atoms with Crippen LogP contribution in [0, 0.1) is 40.4 Å². The minimum absolute atomic E-state index is 0.321. The molecule has 1 saturated heterocycles. The fraction of sp³-hybridized carbons (Fsp3) is 0.931. The molecule has 0 aromatic rings. The van der Waals surface area contributed by atoms with Crippen LogP contribution >= 0.6 is 0 Å². The van der Waals surface area contributed by atoms with Crippen molar-refractivity contribution in [3.8, 4) is 0 Å². The second-order valence-electron chi connectivity index (χ2n) is 13.3. The summed E-state index contributed by atoms with van der Waals surface area (Å²) < 4.78 is 5.48. The fourth-order valence-corrected chi connectivity index (χ4v) is 9.38. The summed E-state index contributed by atoms with van der Waals surface area (Å²) in [5, 5.41) is 21.8. The molecule has 0 amide bonds. The summed E-state index contributed by atoms with van der Waals surface area (Å²) in [6, 6.07) is 0. The lowest BCUT2D eigenvalue weighted by molar-refractivity contribution is -0.0772. The van der Waals surface area contributed by atoms with E-state index in [9.17, 15) is 10.2 Å². The van der Waals surface area contributed by atoms with Crippen molar-refractivity contribution in [1.29, 1.82) is 0 Å². The highest BCUT2D eigenvalue weighted by Crippen LogP contribution is 2.67.